The van der Waals surface area contributed by atoms with Crippen molar-refractivity contribution in [3.8, 4) is 0 Å². The van der Waals surface area contributed by atoms with Crippen LogP contribution in [0.5, 0.6) is 0 Å². The van der Waals surface area contributed by atoms with Gasteiger partial charge in [-0.05, 0) is 55.2 Å². The molecule has 0 spiro atoms. The Morgan fingerprint density at radius 2 is 2.22 bits per heavy atom. The van der Waals surface area contributed by atoms with E-state index in [4.69, 9.17) is 0 Å². The molecule has 0 radical (unpaired) electrons. The van der Waals surface area contributed by atoms with Gasteiger partial charge in [-0.2, -0.15) is 0 Å². The summed E-state index contributed by atoms with van der Waals surface area (Å²) in [6.45, 7) is 0.747. The molecule has 1 N–H and O–H groups in total. The fourth-order valence-electron chi connectivity index (χ4n) is 3.58. The number of amides is 1. The van der Waals surface area contributed by atoms with E-state index in [0.29, 0.717) is 11.5 Å². The summed E-state index contributed by atoms with van der Waals surface area (Å²) in [5.74, 6) is 1.83. The number of carbonyl (C=O) groups excluding carboxylic acids is 1. The van der Waals surface area contributed by atoms with E-state index in [2.05, 4.69) is 5.32 Å². The van der Waals surface area contributed by atoms with Gasteiger partial charge in [0.25, 0.3) is 5.91 Å². The summed E-state index contributed by atoms with van der Waals surface area (Å²) in [6.07, 6.45) is 5.30. The predicted molar refractivity (Wildman–Crippen MR) is 67.7 cm³/mol. The first-order valence-electron chi connectivity index (χ1n) is 6.76. The molecule has 1 aromatic rings. The second-order valence-corrected chi connectivity index (χ2v) is 5.66. The molecule has 2 saturated carbocycles. The normalized spacial score (nSPS) is 29.5. The van der Waals surface area contributed by atoms with Crippen molar-refractivity contribution in [2.24, 2.45) is 17.8 Å². The lowest BCUT2D eigenvalue weighted by molar-refractivity contribution is 0.0941. The minimum atomic E-state index is -0.359. The number of carbonyl (C=O) groups is 1. The van der Waals surface area contributed by atoms with Gasteiger partial charge in [-0.1, -0.05) is 12.5 Å². The molecule has 3 heteroatoms. The van der Waals surface area contributed by atoms with E-state index in [9.17, 15) is 9.18 Å². The number of hydrogen-bond donors (Lipinski definition) is 1. The molecule has 0 aromatic heterocycles. The second kappa shape index (κ2) is 4.71. The van der Waals surface area contributed by atoms with Crippen molar-refractivity contribution in [1.82, 2.24) is 5.32 Å². The zero-order valence-corrected chi connectivity index (χ0v) is 10.4. The lowest BCUT2D eigenvalue weighted by Gasteiger charge is -2.21. The number of halogens is 1. The largest absolute Gasteiger partial charge is 0.352 e. The average molecular weight is 247 g/mol. The molecule has 18 heavy (non-hydrogen) atoms. The van der Waals surface area contributed by atoms with Crippen LogP contribution in [0.1, 0.15) is 36.0 Å². The standard InChI is InChI=1S/C15H18FNO/c16-14-3-1-2-12(8-14)15(18)17-9-13-7-10-4-5-11(13)6-10/h1-3,8,10-11,13H,4-7,9H2,(H,17,18). The first-order valence-corrected chi connectivity index (χ1v) is 6.76. The highest BCUT2D eigenvalue weighted by Gasteiger charge is 2.39. The maximum absolute atomic E-state index is 13.0. The Labute approximate surface area is 107 Å². The quantitative estimate of drug-likeness (QED) is 0.874. The third-order valence-corrected chi connectivity index (χ3v) is 4.50. The zero-order chi connectivity index (χ0) is 12.5. The van der Waals surface area contributed by atoms with E-state index < -0.39 is 0 Å². The lowest BCUT2D eigenvalue weighted by Crippen LogP contribution is -2.31. The Morgan fingerprint density at radius 3 is 2.89 bits per heavy atom. The Kier molecular flexibility index (Phi) is 3.06. The van der Waals surface area contributed by atoms with Crippen LogP contribution in [0.4, 0.5) is 4.39 Å². The van der Waals surface area contributed by atoms with E-state index >= 15 is 0 Å². The third kappa shape index (κ3) is 2.26. The van der Waals surface area contributed by atoms with Gasteiger partial charge < -0.3 is 5.32 Å². The van der Waals surface area contributed by atoms with Crippen molar-refractivity contribution in [2.75, 3.05) is 6.54 Å². The molecule has 96 valence electrons. The molecule has 3 atom stereocenters. The molecular formula is C15H18FNO. The van der Waals surface area contributed by atoms with Gasteiger partial charge in [0.2, 0.25) is 0 Å². The van der Waals surface area contributed by atoms with Crippen LogP contribution < -0.4 is 5.32 Å². The summed E-state index contributed by atoms with van der Waals surface area (Å²) in [6, 6.07) is 5.86. The van der Waals surface area contributed by atoms with Gasteiger partial charge in [-0.15, -0.1) is 0 Å². The van der Waals surface area contributed by atoms with Crippen LogP contribution in [0.15, 0.2) is 24.3 Å². The molecule has 2 bridgehead atoms. The first-order chi connectivity index (χ1) is 8.72. The summed E-state index contributed by atoms with van der Waals surface area (Å²) in [5.41, 5.74) is 0.415. The summed E-state index contributed by atoms with van der Waals surface area (Å²) in [4.78, 5) is 11.9. The molecular weight excluding hydrogens is 229 g/mol. The van der Waals surface area contributed by atoms with Gasteiger partial charge in [0, 0.05) is 12.1 Å². The first kappa shape index (κ1) is 11.7. The van der Waals surface area contributed by atoms with E-state index in [0.717, 1.165) is 18.4 Å². The predicted octanol–water partition coefficient (Wildman–Crippen LogP) is 2.99. The molecule has 0 heterocycles. The maximum Gasteiger partial charge on any atom is 0.251 e. The number of hydrogen-bond acceptors (Lipinski definition) is 1. The molecule has 2 nitrogen and oxygen atoms in total. The molecule has 3 unspecified atom stereocenters. The Morgan fingerprint density at radius 1 is 1.33 bits per heavy atom. The van der Waals surface area contributed by atoms with E-state index in [-0.39, 0.29) is 11.7 Å². The number of nitrogens with one attached hydrogen (secondary N) is 1. The van der Waals surface area contributed by atoms with Crippen molar-refractivity contribution >= 4 is 5.91 Å². The number of fused-ring (bicyclic) bond motifs is 2. The maximum atomic E-state index is 13.0. The Hall–Kier alpha value is -1.38. The highest BCUT2D eigenvalue weighted by atomic mass is 19.1. The van der Waals surface area contributed by atoms with E-state index in [1.54, 1.807) is 12.1 Å². The molecule has 0 saturated heterocycles. The van der Waals surface area contributed by atoms with Gasteiger partial charge >= 0.3 is 0 Å². The van der Waals surface area contributed by atoms with Crippen molar-refractivity contribution in [1.29, 1.82) is 0 Å². The molecule has 2 fully saturated rings. The summed E-state index contributed by atoms with van der Waals surface area (Å²) in [5, 5.41) is 2.95. The third-order valence-electron chi connectivity index (χ3n) is 4.50. The SMILES string of the molecule is O=C(NCC1CC2CCC1C2)c1cccc(F)c1. The van der Waals surface area contributed by atoms with Crippen molar-refractivity contribution in [2.45, 2.75) is 25.7 Å². The summed E-state index contributed by atoms with van der Waals surface area (Å²) in [7, 11) is 0. The number of benzene rings is 1. The van der Waals surface area contributed by atoms with E-state index in [1.165, 1.54) is 37.8 Å². The minimum absolute atomic E-state index is 0.155. The van der Waals surface area contributed by atoms with Crippen LogP contribution in [0.3, 0.4) is 0 Å². The van der Waals surface area contributed by atoms with Gasteiger partial charge in [0.05, 0.1) is 0 Å². The highest BCUT2D eigenvalue weighted by molar-refractivity contribution is 5.94. The van der Waals surface area contributed by atoms with Crippen LogP contribution in [0.25, 0.3) is 0 Å². The van der Waals surface area contributed by atoms with Crippen LogP contribution >= 0.6 is 0 Å². The van der Waals surface area contributed by atoms with Crippen molar-refractivity contribution < 1.29 is 9.18 Å². The van der Waals surface area contributed by atoms with Crippen LogP contribution in [0.2, 0.25) is 0 Å². The van der Waals surface area contributed by atoms with Crippen LogP contribution in [-0.2, 0) is 0 Å². The molecule has 1 aromatic carbocycles. The average Bonchev–Trinajstić information content (AvgIpc) is 2.98. The molecule has 2 aliphatic rings. The van der Waals surface area contributed by atoms with Gasteiger partial charge in [-0.3, -0.25) is 4.79 Å². The highest BCUT2D eigenvalue weighted by Crippen LogP contribution is 2.47. The van der Waals surface area contributed by atoms with Gasteiger partial charge in [-0.25, -0.2) is 4.39 Å². The van der Waals surface area contributed by atoms with Crippen LogP contribution in [-0.4, -0.2) is 12.5 Å². The smallest absolute Gasteiger partial charge is 0.251 e. The van der Waals surface area contributed by atoms with Crippen LogP contribution in [0, 0.1) is 23.6 Å². The Balaban J connectivity index is 1.56. The molecule has 2 aliphatic carbocycles. The number of rotatable bonds is 3. The van der Waals surface area contributed by atoms with Gasteiger partial charge in [0.15, 0.2) is 0 Å². The molecule has 1 amide bonds. The summed E-state index contributed by atoms with van der Waals surface area (Å²) >= 11 is 0. The fourth-order valence-corrected chi connectivity index (χ4v) is 3.58. The molecule has 0 aliphatic heterocycles. The van der Waals surface area contributed by atoms with Crippen molar-refractivity contribution in [3.63, 3.8) is 0 Å². The fraction of sp³-hybridized carbons (Fsp3) is 0.533. The van der Waals surface area contributed by atoms with E-state index in [1.807, 2.05) is 0 Å². The van der Waals surface area contributed by atoms with Crippen molar-refractivity contribution in [3.05, 3.63) is 35.6 Å². The second-order valence-electron chi connectivity index (χ2n) is 5.66. The molecule has 3 rings (SSSR count). The van der Waals surface area contributed by atoms with Gasteiger partial charge in [0.1, 0.15) is 5.82 Å². The zero-order valence-electron chi connectivity index (χ0n) is 10.4. The lowest BCUT2D eigenvalue weighted by atomic mass is 9.89. The monoisotopic (exact) mass is 247 g/mol. The minimum Gasteiger partial charge on any atom is -0.352 e. The topological polar surface area (TPSA) is 29.1 Å². The Bertz CT molecular complexity index is 460. The summed E-state index contributed by atoms with van der Waals surface area (Å²) < 4.78 is 13.0.